The molecule has 0 radical (unpaired) electrons. The number of nitriles is 1. The Kier molecular flexibility index (Phi) is 1.94. The van der Waals surface area contributed by atoms with Crippen LogP contribution in [-0.4, -0.2) is 4.98 Å². The molecule has 4 bridgehead atoms. The molecular weight excluding hydrogens is 208 g/mol. The first-order chi connectivity index (χ1) is 8.35. The van der Waals surface area contributed by atoms with Gasteiger partial charge >= 0.3 is 0 Å². The summed E-state index contributed by atoms with van der Waals surface area (Å²) >= 11 is 0. The van der Waals surface area contributed by atoms with Gasteiger partial charge in [0, 0.05) is 12.4 Å². The highest BCUT2D eigenvalue weighted by atomic mass is 14.7. The smallest absolute Gasteiger partial charge is 0.101 e. The van der Waals surface area contributed by atoms with Crippen LogP contribution in [0.3, 0.4) is 0 Å². The molecule has 4 saturated carbocycles. The maximum Gasteiger partial charge on any atom is 0.101 e. The Bertz CT molecular complexity index is 451. The third-order valence-electron chi connectivity index (χ3n) is 5.48. The molecule has 1 N–H and O–H groups in total. The highest BCUT2D eigenvalue weighted by Crippen LogP contribution is 2.60. The fraction of sp³-hybridized carbons (Fsp3) is 0.667. The second-order valence-electron chi connectivity index (χ2n) is 6.39. The summed E-state index contributed by atoms with van der Waals surface area (Å²) in [7, 11) is 0. The predicted octanol–water partition coefficient (Wildman–Crippen LogP) is 3.43. The van der Waals surface area contributed by atoms with Crippen molar-refractivity contribution in [2.45, 2.75) is 38.0 Å². The molecule has 0 spiro atoms. The maximum atomic E-state index is 9.19. The molecule has 2 nitrogen and oxygen atoms in total. The minimum atomic E-state index is 0.684. The first-order valence-electron chi connectivity index (χ1n) is 6.92. The van der Waals surface area contributed by atoms with Gasteiger partial charge in [-0.2, -0.15) is 5.26 Å². The van der Waals surface area contributed by atoms with E-state index in [2.05, 4.69) is 17.3 Å². The Balaban J connectivity index is 1.73. The first-order valence-corrected chi connectivity index (χ1v) is 6.92. The number of H-pyrrole nitrogens is 1. The zero-order valence-corrected chi connectivity index (χ0v) is 10.0. The third kappa shape index (κ3) is 1.32. The second-order valence-corrected chi connectivity index (χ2v) is 6.39. The number of nitrogens with one attached hydrogen (secondary N) is 1. The van der Waals surface area contributed by atoms with E-state index in [1.807, 2.05) is 6.20 Å². The molecular formula is C15H18N2. The first kappa shape index (κ1) is 9.76. The van der Waals surface area contributed by atoms with Crippen molar-refractivity contribution in [3.05, 3.63) is 23.5 Å². The van der Waals surface area contributed by atoms with E-state index < -0.39 is 0 Å². The molecule has 0 aliphatic heterocycles. The van der Waals surface area contributed by atoms with Crippen LogP contribution in [0.5, 0.6) is 0 Å². The number of aromatic nitrogens is 1. The van der Waals surface area contributed by atoms with Crippen molar-refractivity contribution in [3.63, 3.8) is 0 Å². The van der Waals surface area contributed by atoms with Gasteiger partial charge in [-0.3, -0.25) is 0 Å². The van der Waals surface area contributed by atoms with Crippen LogP contribution in [0.1, 0.15) is 49.1 Å². The summed E-state index contributed by atoms with van der Waals surface area (Å²) < 4.78 is 0. The molecule has 1 aromatic heterocycles. The molecule has 0 saturated heterocycles. The number of rotatable bonds is 1. The zero-order valence-electron chi connectivity index (χ0n) is 10.0. The minimum absolute atomic E-state index is 0.684. The highest BCUT2D eigenvalue weighted by molar-refractivity contribution is 5.39. The Morgan fingerprint density at radius 3 is 2.24 bits per heavy atom. The molecule has 4 aliphatic carbocycles. The fourth-order valence-electron chi connectivity index (χ4n) is 5.18. The van der Waals surface area contributed by atoms with Gasteiger partial charge in [-0.05, 0) is 67.3 Å². The molecule has 17 heavy (non-hydrogen) atoms. The third-order valence-corrected chi connectivity index (χ3v) is 5.48. The second kappa shape index (κ2) is 3.38. The summed E-state index contributed by atoms with van der Waals surface area (Å²) in [6.07, 6.45) is 11.2. The molecule has 0 amide bonds. The van der Waals surface area contributed by atoms with Gasteiger partial charge in [0.25, 0.3) is 0 Å². The largest absolute Gasteiger partial charge is 0.366 e. The SMILES string of the molecule is N#Cc1c[nH]cc1C1C2CC3CC(C2)CC1C3. The molecule has 1 aromatic rings. The summed E-state index contributed by atoms with van der Waals surface area (Å²) in [5, 5.41) is 9.19. The number of nitrogens with zero attached hydrogens (tertiary/aromatic N) is 1. The monoisotopic (exact) mass is 226 g/mol. The van der Waals surface area contributed by atoms with E-state index in [4.69, 9.17) is 0 Å². The minimum Gasteiger partial charge on any atom is -0.366 e. The summed E-state index contributed by atoms with van der Waals surface area (Å²) in [5.41, 5.74) is 2.21. The van der Waals surface area contributed by atoms with E-state index >= 15 is 0 Å². The lowest BCUT2D eigenvalue weighted by Crippen LogP contribution is -2.43. The van der Waals surface area contributed by atoms with Gasteiger partial charge in [-0.15, -0.1) is 0 Å². The molecule has 2 heteroatoms. The van der Waals surface area contributed by atoms with E-state index in [1.165, 1.54) is 37.7 Å². The highest BCUT2D eigenvalue weighted by Gasteiger charge is 2.49. The van der Waals surface area contributed by atoms with Gasteiger partial charge in [-0.1, -0.05) is 0 Å². The van der Waals surface area contributed by atoms with Crippen molar-refractivity contribution in [2.75, 3.05) is 0 Å². The van der Waals surface area contributed by atoms with Gasteiger partial charge in [-0.25, -0.2) is 0 Å². The van der Waals surface area contributed by atoms with Crippen LogP contribution in [0.15, 0.2) is 12.4 Å². The van der Waals surface area contributed by atoms with Crippen molar-refractivity contribution in [1.29, 1.82) is 5.26 Å². The summed E-state index contributed by atoms with van der Waals surface area (Å²) in [6.45, 7) is 0. The van der Waals surface area contributed by atoms with Crippen molar-refractivity contribution < 1.29 is 0 Å². The summed E-state index contributed by atoms with van der Waals surface area (Å²) in [5.74, 6) is 4.45. The maximum absolute atomic E-state index is 9.19. The molecule has 88 valence electrons. The van der Waals surface area contributed by atoms with Crippen molar-refractivity contribution in [3.8, 4) is 6.07 Å². The Morgan fingerprint density at radius 2 is 1.65 bits per heavy atom. The lowest BCUT2D eigenvalue weighted by Gasteiger charge is -2.54. The number of aromatic amines is 1. The van der Waals surface area contributed by atoms with Crippen molar-refractivity contribution in [2.24, 2.45) is 23.7 Å². The van der Waals surface area contributed by atoms with Crippen LogP contribution < -0.4 is 0 Å². The summed E-state index contributed by atoms with van der Waals surface area (Å²) in [4.78, 5) is 3.14. The molecule has 0 atom stereocenters. The van der Waals surface area contributed by atoms with Crippen LogP contribution in [0.25, 0.3) is 0 Å². The van der Waals surface area contributed by atoms with Crippen LogP contribution in [0, 0.1) is 35.0 Å². The van der Waals surface area contributed by atoms with Crippen molar-refractivity contribution in [1.82, 2.24) is 4.98 Å². The van der Waals surface area contributed by atoms with Gasteiger partial charge in [0.1, 0.15) is 6.07 Å². The van der Waals surface area contributed by atoms with Crippen LogP contribution in [0.2, 0.25) is 0 Å². The lowest BCUT2D eigenvalue weighted by atomic mass is 9.50. The predicted molar refractivity (Wildman–Crippen MR) is 65.3 cm³/mol. The van der Waals surface area contributed by atoms with E-state index in [9.17, 15) is 5.26 Å². The lowest BCUT2D eigenvalue weighted by molar-refractivity contribution is -0.00281. The standard InChI is InChI=1S/C15H18N2/c16-6-13-7-17-8-14(13)15-11-2-9-1-10(4-11)5-12(15)3-9/h7-12,15,17H,1-5H2. The fourth-order valence-corrected chi connectivity index (χ4v) is 5.18. The zero-order chi connectivity index (χ0) is 11.4. The Hall–Kier alpha value is -1.23. The van der Waals surface area contributed by atoms with E-state index in [0.717, 1.165) is 29.2 Å². The van der Waals surface area contributed by atoms with Crippen LogP contribution >= 0.6 is 0 Å². The topological polar surface area (TPSA) is 39.6 Å². The molecule has 0 aromatic carbocycles. The molecule has 4 fully saturated rings. The van der Waals surface area contributed by atoms with Crippen LogP contribution in [-0.2, 0) is 0 Å². The molecule has 4 aliphatic rings. The van der Waals surface area contributed by atoms with E-state index in [1.54, 1.807) is 0 Å². The Morgan fingerprint density at radius 1 is 1.00 bits per heavy atom. The average Bonchev–Trinajstić information content (AvgIpc) is 2.75. The van der Waals surface area contributed by atoms with E-state index in [-0.39, 0.29) is 0 Å². The normalized spacial score (nSPS) is 42.6. The number of hydrogen-bond acceptors (Lipinski definition) is 1. The number of hydrogen-bond donors (Lipinski definition) is 1. The Labute approximate surface area is 102 Å². The molecule has 0 unspecified atom stereocenters. The van der Waals surface area contributed by atoms with E-state index in [0.29, 0.717) is 5.92 Å². The quantitative estimate of drug-likeness (QED) is 0.783. The van der Waals surface area contributed by atoms with Crippen LogP contribution in [0.4, 0.5) is 0 Å². The summed E-state index contributed by atoms with van der Waals surface area (Å²) in [6, 6.07) is 2.35. The van der Waals surface area contributed by atoms with Gasteiger partial charge in [0.05, 0.1) is 5.56 Å². The van der Waals surface area contributed by atoms with Gasteiger partial charge < -0.3 is 4.98 Å². The van der Waals surface area contributed by atoms with Crippen molar-refractivity contribution >= 4 is 0 Å². The van der Waals surface area contributed by atoms with Gasteiger partial charge in [0.15, 0.2) is 0 Å². The molecule has 1 heterocycles. The average molecular weight is 226 g/mol. The van der Waals surface area contributed by atoms with Gasteiger partial charge in [0.2, 0.25) is 0 Å². The molecule has 5 rings (SSSR count).